The smallest absolute Gasteiger partial charge is 0.147 e. The monoisotopic (exact) mass is 239 g/mol. The Morgan fingerprint density at radius 3 is 2.24 bits per heavy atom. The van der Waals surface area contributed by atoms with Gasteiger partial charge in [0.2, 0.25) is 0 Å². The molecule has 0 spiro atoms. The van der Waals surface area contributed by atoms with Crippen LogP contribution in [0.4, 0.5) is 13.2 Å². The Bertz CT molecular complexity index is 525. The molecule has 1 aromatic heterocycles. The third-order valence-corrected chi connectivity index (χ3v) is 2.37. The summed E-state index contributed by atoms with van der Waals surface area (Å²) in [6.07, 6.45) is 0.414. The zero-order valence-corrected chi connectivity index (χ0v) is 8.57. The lowest BCUT2D eigenvalue weighted by Gasteiger charge is -2.13. The maximum absolute atomic E-state index is 13.4. The highest BCUT2D eigenvalue weighted by Gasteiger charge is 2.21. The molecule has 5 heteroatoms. The van der Waals surface area contributed by atoms with Gasteiger partial charge in [0.25, 0.3) is 0 Å². The number of aromatic nitrogens is 1. The first kappa shape index (κ1) is 11.6. The highest BCUT2D eigenvalue weighted by molar-refractivity contribution is 5.31. The zero-order chi connectivity index (χ0) is 12.4. The fraction of sp³-hybridized carbons (Fsp3) is 0.0833. The SMILES string of the molecule is OC(c1ccncc1F)c1c(F)cccc1F. The van der Waals surface area contributed by atoms with E-state index < -0.39 is 29.1 Å². The number of aliphatic hydroxyl groups is 1. The van der Waals surface area contributed by atoms with Crippen molar-refractivity contribution < 1.29 is 18.3 Å². The van der Waals surface area contributed by atoms with Crippen LogP contribution in [0.25, 0.3) is 0 Å². The molecular weight excluding hydrogens is 231 g/mol. The second-order valence-electron chi connectivity index (χ2n) is 3.44. The molecule has 0 saturated heterocycles. The van der Waals surface area contributed by atoms with Gasteiger partial charge in [0, 0.05) is 11.8 Å². The van der Waals surface area contributed by atoms with Gasteiger partial charge in [0.15, 0.2) is 0 Å². The molecule has 17 heavy (non-hydrogen) atoms. The molecule has 1 N–H and O–H groups in total. The van der Waals surface area contributed by atoms with E-state index in [1.807, 2.05) is 0 Å². The van der Waals surface area contributed by atoms with E-state index >= 15 is 0 Å². The number of aliphatic hydroxyl groups excluding tert-OH is 1. The van der Waals surface area contributed by atoms with Crippen molar-refractivity contribution >= 4 is 0 Å². The van der Waals surface area contributed by atoms with Gasteiger partial charge in [-0.2, -0.15) is 0 Å². The van der Waals surface area contributed by atoms with Gasteiger partial charge in [0.05, 0.1) is 11.8 Å². The van der Waals surface area contributed by atoms with Crippen LogP contribution in [-0.4, -0.2) is 10.1 Å². The number of nitrogens with zero attached hydrogens (tertiary/aromatic N) is 1. The van der Waals surface area contributed by atoms with Crippen LogP contribution in [-0.2, 0) is 0 Å². The molecule has 0 saturated carbocycles. The summed E-state index contributed by atoms with van der Waals surface area (Å²) in [4.78, 5) is 3.49. The van der Waals surface area contributed by atoms with E-state index in [4.69, 9.17) is 0 Å². The Labute approximate surface area is 95.4 Å². The minimum absolute atomic E-state index is 0.219. The van der Waals surface area contributed by atoms with Gasteiger partial charge in [-0.25, -0.2) is 13.2 Å². The quantitative estimate of drug-likeness (QED) is 0.873. The summed E-state index contributed by atoms with van der Waals surface area (Å²) in [7, 11) is 0. The molecule has 0 aliphatic rings. The minimum Gasteiger partial charge on any atom is -0.383 e. The van der Waals surface area contributed by atoms with Crippen LogP contribution >= 0.6 is 0 Å². The molecule has 2 nitrogen and oxygen atoms in total. The van der Waals surface area contributed by atoms with E-state index in [0.29, 0.717) is 0 Å². The van der Waals surface area contributed by atoms with Crippen molar-refractivity contribution in [2.75, 3.05) is 0 Å². The van der Waals surface area contributed by atoms with Crippen LogP contribution in [0.3, 0.4) is 0 Å². The van der Waals surface area contributed by atoms with E-state index in [9.17, 15) is 18.3 Å². The summed E-state index contributed by atoms with van der Waals surface area (Å²) in [6, 6.07) is 4.34. The van der Waals surface area contributed by atoms with E-state index in [2.05, 4.69) is 4.98 Å². The number of benzene rings is 1. The largest absolute Gasteiger partial charge is 0.383 e. The van der Waals surface area contributed by atoms with E-state index in [1.165, 1.54) is 18.3 Å². The lowest BCUT2D eigenvalue weighted by atomic mass is 10.0. The van der Waals surface area contributed by atoms with Crippen LogP contribution < -0.4 is 0 Å². The summed E-state index contributed by atoms with van der Waals surface area (Å²) in [5.74, 6) is -2.66. The molecule has 2 aromatic rings. The number of pyridine rings is 1. The third-order valence-electron chi connectivity index (χ3n) is 2.37. The van der Waals surface area contributed by atoms with Crippen molar-refractivity contribution in [3.8, 4) is 0 Å². The summed E-state index contributed by atoms with van der Waals surface area (Å²) in [6.45, 7) is 0. The summed E-state index contributed by atoms with van der Waals surface area (Å²) >= 11 is 0. The zero-order valence-electron chi connectivity index (χ0n) is 8.57. The summed E-state index contributed by atoms with van der Waals surface area (Å²) < 4.78 is 40.1. The molecule has 1 heterocycles. The molecule has 2 rings (SSSR count). The van der Waals surface area contributed by atoms with Crippen molar-refractivity contribution in [3.63, 3.8) is 0 Å². The molecule has 0 amide bonds. The maximum atomic E-state index is 13.4. The van der Waals surface area contributed by atoms with Crippen LogP contribution in [0.2, 0.25) is 0 Å². The number of halogens is 3. The molecule has 0 aliphatic heterocycles. The first-order valence-corrected chi connectivity index (χ1v) is 4.82. The molecule has 0 radical (unpaired) electrons. The lowest BCUT2D eigenvalue weighted by molar-refractivity contribution is 0.204. The Balaban J connectivity index is 2.51. The summed E-state index contributed by atoms with van der Waals surface area (Å²) in [5.41, 5.74) is -0.790. The van der Waals surface area contributed by atoms with Crippen LogP contribution in [0.1, 0.15) is 17.2 Å². The van der Waals surface area contributed by atoms with Gasteiger partial charge >= 0.3 is 0 Å². The van der Waals surface area contributed by atoms with Crippen molar-refractivity contribution in [1.29, 1.82) is 0 Å². The Morgan fingerprint density at radius 1 is 1.00 bits per heavy atom. The molecular formula is C12H8F3NO. The van der Waals surface area contributed by atoms with Crippen molar-refractivity contribution in [3.05, 3.63) is 65.2 Å². The van der Waals surface area contributed by atoms with E-state index in [-0.39, 0.29) is 5.56 Å². The molecule has 1 unspecified atom stereocenters. The lowest BCUT2D eigenvalue weighted by Crippen LogP contribution is -2.07. The van der Waals surface area contributed by atoms with Gasteiger partial charge < -0.3 is 5.11 Å². The Kier molecular flexibility index (Phi) is 3.10. The molecule has 0 aliphatic carbocycles. The van der Waals surface area contributed by atoms with Crippen LogP contribution in [0.15, 0.2) is 36.7 Å². The molecule has 0 bridgehead atoms. The summed E-state index contributed by atoms with van der Waals surface area (Å²) in [5, 5.41) is 9.79. The average Bonchev–Trinajstić information content (AvgIpc) is 2.29. The predicted octanol–water partition coefficient (Wildman–Crippen LogP) is 2.58. The van der Waals surface area contributed by atoms with E-state index in [1.54, 1.807) is 0 Å². The topological polar surface area (TPSA) is 33.1 Å². The highest BCUT2D eigenvalue weighted by Crippen LogP contribution is 2.27. The Morgan fingerprint density at radius 2 is 1.65 bits per heavy atom. The second-order valence-corrected chi connectivity index (χ2v) is 3.44. The van der Waals surface area contributed by atoms with Gasteiger partial charge in [-0.15, -0.1) is 0 Å². The number of hydrogen-bond acceptors (Lipinski definition) is 2. The average molecular weight is 239 g/mol. The van der Waals surface area contributed by atoms with Crippen molar-refractivity contribution in [2.24, 2.45) is 0 Å². The molecule has 1 aromatic carbocycles. The first-order chi connectivity index (χ1) is 8.11. The minimum atomic E-state index is -1.70. The standard InChI is InChI=1S/C12H8F3NO/c13-8-2-1-3-9(14)11(8)12(17)7-4-5-16-6-10(7)15/h1-6,12,17H. The van der Waals surface area contributed by atoms with Gasteiger partial charge in [-0.3, -0.25) is 4.98 Å². The molecule has 1 atom stereocenters. The maximum Gasteiger partial charge on any atom is 0.147 e. The fourth-order valence-corrected chi connectivity index (χ4v) is 1.54. The van der Waals surface area contributed by atoms with Crippen LogP contribution in [0, 0.1) is 17.5 Å². The van der Waals surface area contributed by atoms with Crippen molar-refractivity contribution in [1.82, 2.24) is 4.98 Å². The second kappa shape index (κ2) is 4.55. The normalized spacial score (nSPS) is 12.5. The van der Waals surface area contributed by atoms with Crippen LogP contribution in [0.5, 0.6) is 0 Å². The highest BCUT2D eigenvalue weighted by atomic mass is 19.1. The predicted molar refractivity (Wildman–Crippen MR) is 54.6 cm³/mol. The Hall–Kier alpha value is -1.88. The fourth-order valence-electron chi connectivity index (χ4n) is 1.54. The first-order valence-electron chi connectivity index (χ1n) is 4.82. The molecule has 88 valence electrons. The molecule has 0 fully saturated rings. The number of rotatable bonds is 2. The number of hydrogen-bond donors (Lipinski definition) is 1. The van der Waals surface area contributed by atoms with Crippen molar-refractivity contribution in [2.45, 2.75) is 6.10 Å². The van der Waals surface area contributed by atoms with E-state index in [0.717, 1.165) is 18.3 Å². The van der Waals surface area contributed by atoms with Gasteiger partial charge in [-0.05, 0) is 18.2 Å². The van der Waals surface area contributed by atoms with Gasteiger partial charge in [-0.1, -0.05) is 6.07 Å². The van der Waals surface area contributed by atoms with Gasteiger partial charge in [0.1, 0.15) is 23.6 Å². The third kappa shape index (κ3) is 2.14.